The van der Waals surface area contributed by atoms with Gasteiger partial charge < -0.3 is 9.47 Å². The van der Waals surface area contributed by atoms with E-state index in [9.17, 15) is 19.7 Å². The molecule has 5 rings (SSSR count). The third-order valence-electron chi connectivity index (χ3n) is 6.30. The van der Waals surface area contributed by atoms with Crippen LogP contribution in [-0.4, -0.2) is 38.6 Å². The first-order valence-corrected chi connectivity index (χ1v) is 15.3. The van der Waals surface area contributed by atoms with Crippen LogP contribution < -0.4 is 19.6 Å². The van der Waals surface area contributed by atoms with E-state index in [1.54, 1.807) is 69.6 Å². The third kappa shape index (κ3) is 6.31. The number of nitrogens with zero attached hydrogens (tertiary/aromatic N) is 5. The van der Waals surface area contributed by atoms with Gasteiger partial charge in [-0.3, -0.25) is 19.5 Å². The molecule has 2 aromatic carbocycles. The normalized spacial score (nSPS) is 14.8. The molecule has 0 saturated carbocycles. The molecule has 2 aromatic heterocycles. The number of esters is 1. The number of carbonyl (C=O) groups is 1. The lowest BCUT2D eigenvalue weighted by Gasteiger charge is -2.26. The number of halogens is 1. The van der Waals surface area contributed by atoms with Gasteiger partial charge in [0, 0.05) is 39.5 Å². The van der Waals surface area contributed by atoms with Crippen molar-refractivity contribution in [2.45, 2.75) is 43.0 Å². The number of thiazole rings is 1. The second kappa shape index (κ2) is 12.6. The second-order valence-corrected chi connectivity index (χ2v) is 12.5. The quantitative estimate of drug-likeness (QED) is 0.111. The van der Waals surface area contributed by atoms with Crippen molar-refractivity contribution in [1.82, 2.24) is 14.5 Å². The Hall–Kier alpha value is -4.14. The van der Waals surface area contributed by atoms with Crippen molar-refractivity contribution in [3.63, 3.8) is 0 Å². The fourth-order valence-electron chi connectivity index (χ4n) is 4.51. The van der Waals surface area contributed by atoms with Crippen LogP contribution >= 0.6 is 39.0 Å². The van der Waals surface area contributed by atoms with Gasteiger partial charge in [-0.15, -0.1) is 0 Å². The summed E-state index contributed by atoms with van der Waals surface area (Å²) in [5.74, 6) is -0.134. The van der Waals surface area contributed by atoms with Crippen molar-refractivity contribution >= 4 is 56.8 Å². The highest BCUT2D eigenvalue weighted by molar-refractivity contribution is 9.10. The Bertz CT molecular complexity index is 1960. The van der Waals surface area contributed by atoms with Crippen LogP contribution in [0.1, 0.15) is 37.9 Å². The number of ether oxygens (including phenoxy) is 2. The molecule has 1 aliphatic rings. The van der Waals surface area contributed by atoms with Gasteiger partial charge in [-0.05, 0) is 74.5 Å². The van der Waals surface area contributed by atoms with Gasteiger partial charge in [0.05, 0.1) is 33.9 Å². The van der Waals surface area contributed by atoms with Gasteiger partial charge in [-0.25, -0.2) is 19.8 Å². The molecule has 0 fully saturated rings. The lowest BCUT2D eigenvalue weighted by Crippen LogP contribution is -2.40. The lowest BCUT2D eigenvalue weighted by atomic mass is 9.95. The number of aromatic nitrogens is 3. The SMILES string of the molecule is COc1ccc(Br)cc1[C@@H]1C(C(=O)OC(C)C)=C(C)N=c2s/c(=C\c3cc([N+](=O)[O-])ccc3Sc3ncccn3)c(=O)n21. The van der Waals surface area contributed by atoms with Crippen LogP contribution in [0, 0.1) is 10.1 Å². The Morgan fingerprint density at radius 2 is 1.95 bits per heavy atom. The van der Waals surface area contributed by atoms with Gasteiger partial charge in [0.15, 0.2) is 9.96 Å². The van der Waals surface area contributed by atoms with Crippen LogP contribution in [-0.2, 0) is 9.53 Å². The molecule has 1 atom stereocenters. The maximum atomic E-state index is 14.2. The van der Waals surface area contributed by atoms with E-state index < -0.39 is 28.6 Å². The largest absolute Gasteiger partial charge is 0.496 e. The molecule has 0 amide bonds. The summed E-state index contributed by atoms with van der Waals surface area (Å²) in [5, 5.41) is 12.1. The predicted octanol–water partition coefficient (Wildman–Crippen LogP) is 4.81. The molecular formula is C29H24BrN5O6S2. The molecule has 1 aliphatic heterocycles. The molecule has 0 unspecified atom stereocenters. The van der Waals surface area contributed by atoms with Crippen molar-refractivity contribution in [2.75, 3.05) is 7.11 Å². The summed E-state index contributed by atoms with van der Waals surface area (Å²) < 4.78 is 13.6. The van der Waals surface area contributed by atoms with Crippen molar-refractivity contribution in [3.05, 3.63) is 112 Å². The van der Waals surface area contributed by atoms with Crippen LogP contribution in [0.3, 0.4) is 0 Å². The van der Waals surface area contributed by atoms with Gasteiger partial charge in [0.1, 0.15) is 11.8 Å². The zero-order valence-corrected chi connectivity index (χ0v) is 26.5. The number of hydrogen-bond acceptors (Lipinski definition) is 11. The molecule has 0 aliphatic carbocycles. The monoisotopic (exact) mass is 681 g/mol. The summed E-state index contributed by atoms with van der Waals surface area (Å²) in [6.45, 7) is 5.18. The summed E-state index contributed by atoms with van der Waals surface area (Å²) >= 11 is 5.82. The molecule has 0 bridgehead atoms. The van der Waals surface area contributed by atoms with Crippen molar-refractivity contribution in [1.29, 1.82) is 0 Å². The first-order valence-electron chi connectivity index (χ1n) is 12.9. The Kier molecular flexibility index (Phi) is 8.89. The topological polar surface area (TPSA) is 139 Å². The van der Waals surface area contributed by atoms with Crippen molar-refractivity contribution < 1.29 is 19.2 Å². The molecule has 14 heteroatoms. The highest BCUT2D eigenvalue weighted by atomic mass is 79.9. The smallest absolute Gasteiger partial charge is 0.338 e. The minimum Gasteiger partial charge on any atom is -0.496 e. The van der Waals surface area contributed by atoms with E-state index in [4.69, 9.17) is 9.47 Å². The standard InChI is InChI=1S/C29H24BrN5O6S2/c1-15(2)41-27(37)24-16(3)33-29-34(25(24)20-14-18(30)6-8-21(20)40-4)26(36)23(43-29)13-17-12-19(35(38)39)7-9-22(17)42-28-31-10-5-11-32-28/h5-15,25H,1-4H3/b23-13-/t25-/m1/s1. The molecule has 0 spiro atoms. The van der Waals surface area contributed by atoms with E-state index in [0.717, 1.165) is 15.8 Å². The molecule has 11 nitrogen and oxygen atoms in total. The fourth-order valence-corrected chi connectivity index (χ4v) is 6.72. The Morgan fingerprint density at radius 1 is 1.21 bits per heavy atom. The van der Waals surface area contributed by atoms with Gasteiger partial charge in [0.25, 0.3) is 11.2 Å². The molecule has 220 valence electrons. The summed E-state index contributed by atoms with van der Waals surface area (Å²) in [6.07, 6.45) is 4.38. The molecule has 0 N–H and O–H groups in total. The number of nitro groups is 1. The Labute approximate surface area is 261 Å². The van der Waals surface area contributed by atoms with E-state index in [0.29, 0.717) is 37.4 Å². The highest BCUT2D eigenvalue weighted by Crippen LogP contribution is 2.37. The lowest BCUT2D eigenvalue weighted by molar-refractivity contribution is -0.384. The van der Waals surface area contributed by atoms with Crippen LogP contribution in [0.25, 0.3) is 6.08 Å². The van der Waals surface area contributed by atoms with Crippen LogP contribution in [0.15, 0.2) is 90.4 Å². The van der Waals surface area contributed by atoms with E-state index >= 15 is 0 Å². The van der Waals surface area contributed by atoms with Gasteiger partial charge in [0.2, 0.25) is 0 Å². The maximum Gasteiger partial charge on any atom is 0.338 e. The second-order valence-electron chi connectivity index (χ2n) is 9.53. The first-order chi connectivity index (χ1) is 20.6. The minimum atomic E-state index is -0.909. The predicted molar refractivity (Wildman–Crippen MR) is 165 cm³/mol. The molecule has 0 saturated heterocycles. The van der Waals surface area contributed by atoms with E-state index in [1.165, 1.54) is 35.6 Å². The number of non-ortho nitro benzene ring substituents is 1. The zero-order valence-electron chi connectivity index (χ0n) is 23.3. The number of benzene rings is 2. The fraction of sp³-hybridized carbons (Fsp3) is 0.207. The van der Waals surface area contributed by atoms with Crippen molar-refractivity contribution in [2.24, 2.45) is 4.99 Å². The first kappa shape index (κ1) is 30.3. The maximum absolute atomic E-state index is 14.2. The molecule has 0 radical (unpaired) electrons. The Balaban J connectivity index is 1.75. The number of fused-ring (bicyclic) bond motifs is 1. The summed E-state index contributed by atoms with van der Waals surface area (Å²) in [6, 6.07) is 10.5. The summed E-state index contributed by atoms with van der Waals surface area (Å²) in [4.78, 5) is 52.8. The molecule has 4 aromatic rings. The Morgan fingerprint density at radius 3 is 2.63 bits per heavy atom. The number of nitro benzene ring substituents is 1. The van der Waals surface area contributed by atoms with Gasteiger partial charge >= 0.3 is 5.97 Å². The van der Waals surface area contributed by atoms with E-state index in [-0.39, 0.29) is 15.8 Å². The average molecular weight is 683 g/mol. The third-order valence-corrected chi connectivity index (χ3v) is 8.77. The average Bonchev–Trinajstić information content (AvgIpc) is 3.27. The zero-order chi connectivity index (χ0) is 30.8. The molecular weight excluding hydrogens is 658 g/mol. The van der Waals surface area contributed by atoms with Gasteiger partial charge in [-0.1, -0.05) is 27.3 Å². The number of allylic oxidation sites excluding steroid dienone is 1. The number of rotatable bonds is 8. The van der Waals surface area contributed by atoms with Crippen LogP contribution in [0.4, 0.5) is 5.69 Å². The van der Waals surface area contributed by atoms with Crippen LogP contribution in [0.5, 0.6) is 5.75 Å². The van der Waals surface area contributed by atoms with Crippen molar-refractivity contribution in [3.8, 4) is 5.75 Å². The van der Waals surface area contributed by atoms with E-state index in [2.05, 4.69) is 30.9 Å². The highest BCUT2D eigenvalue weighted by Gasteiger charge is 2.35. The molecule has 43 heavy (non-hydrogen) atoms. The number of carbonyl (C=O) groups excluding carboxylic acids is 1. The number of methoxy groups -OCH3 is 1. The molecule has 3 heterocycles. The minimum absolute atomic E-state index is 0.135. The van der Waals surface area contributed by atoms with Gasteiger partial charge in [-0.2, -0.15) is 0 Å². The van der Waals surface area contributed by atoms with Crippen LogP contribution in [0.2, 0.25) is 0 Å². The summed E-state index contributed by atoms with van der Waals surface area (Å²) in [5.41, 5.74) is 1.03. The number of hydrogen-bond donors (Lipinski definition) is 0. The summed E-state index contributed by atoms with van der Waals surface area (Å²) in [7, 11) is 1.51. The van der Waals surface area contributed by atoms with E-state index in [1.807, 2.05) is 0 Å².